The van der Waals surface area contributed by atoms with Gasteiger partial charge in [-0.1, -0.05) is 72.6 Å². The molecule has 0 fully saturated rings. The number of carbonyl (C=O) groups is 2. The van der Waals surface area contributed by atoms with Crippen molar-refractivity contribution in [3.05, 3.63) is 59.2 Å². The molecule has 0 saturated carbocycles. The van der Waals surface area contributed by atoms with Gasteiger partial charge < -0.3 is 19.6 Å². The normalized spacial score (nSPS) is 12.1. The molecule has 0 aliphatic rings. The van der Waals surface area contributed by atoms with Crippen LogP contribution in [0.25, 0.3) is 0 Å². The standard InChI is InChI=1S/2C17H27NO2/c1-5-7-8-14(6-2)13-20-17(19)15-9-11-16(12-10-15)18(3)4;1-5-7-8-13(6-2)11-14-12-15(18(3)4)9-10-16(14)17(19)20/h9-12,14H,5-8,13H2,1-4H3;9-10,12-13H,5-8,11H2,1-4H3,(H,19,20). The summed E-state index contributed by atoms with van der Waals surface area (Å²) in [7, 11) is 7.92. The summed E-state index contributed by atoms with van der Waals surface area (Å²) in [6.07, 6.45) is 10.1. The molecule has 6 nitrogen and oxygen atoms in total. The van der Waals surface area contributed by atoms with E-state index in [1.54, 1.807) is 6.07 Å². The maximum absolute atomic E-state index is 12.0. The average molecular weight is 555 g/mol. The van der Waals surface area contributed by atoms with E-state index in [0.717, 1.165) is 42.6 Å². The summed E-state index contributed by atoms with van der Waals surface area (Å²) in [5.41, 5.74) is 4.18. The molecule has 0 aliphatic carbocycles. The summed E-state index contributed by atoms with van der Waals surface area (Å²) in [5.74, 6) is 0.0197. The number of carboxylic acid groups (broad SMARTS) is 1. The molecular formula is C34H54N2O4. The Morgan fingerprint density at radius 1 is 0.775 bits per heavy atom. The van der Waals surface area contributed by atoms with Crippen LogP contribution in [0.3, 0.4) is 0 Å². The molecule has 0 heterocycles. The van der Waals surface area contributed by atoms with Crippen molar-refractivity contribution in [1.82, 2.24) is 0 Å². The zero-order valence-corrected chi connectivity index (χ0v) is 26.3. The lowest BCUT2D eigenvalue weighted by molar-refractivity contribution is 0.0428. The van der Waals surface area contributed by atoms with Crippen LogP contribution in [0.15, 0.2) is 42.5 Å². The lowest BCUT2D eigenvalue weighted by Gasteiger charge is -2.19. The summed E-state index contributed by atoms with van der Waals surface area (Å²) < 4.78 is 5.43. The van der Waals surface area contributed by atoms with Gasteiger partial charge in [0.25, 0.3) is 0 Å². The van der Waals surface area contributed by atoms with Gasteiger partial charge >= 0.3 is 11.9 Å². The molecule has 2 unspecified atom stereocenters. The molecule has 2 aromatic carbocycles. The summed E-state index contributed by atoms with van der Waals surface area (Å²) in [4.78, 5) is 27.4. The van der Waals surface area contributed by atoms with Crippen LogP contribution in [0.2, 0.25) is 0 Å². The summed E-state index contributed by atoms with van der Waals surface area (Å²) in [6.45, 7) is 9.26. The van der Waals surface area contributed by atoms with E-state index < -0.39 is 5.97 Å². The summed E-state index contributed by atoms with van der Waals surface area (Å²) >= 11 is 0. The molecule has 6 heteroatoms. The molecular weight excluding hydrogens is 500 g/mol. The van der Waals surface area contributed by atoms with Crippen LogP contribution in [-0.4, -0.2) is 51.8 Å². The first-order valence-electron chi connectivity index (χ1n) is 15.1. The maximum Gasteiger partial charge on any atom is 0.338 e. The van der Waals surface area contributed by atoms with Gasteiger partial charge in [-0.25, -0.2) is 9.59 Å². The zero-order valence-electron chi connectivity index (χ0n) is 26.3. The van der Waals surface area contributed by atoms with Crippen LogP contribution in [0.4, 0.5) is 11.4 Å². The molecule has 0 radical (unpaired) electrons. The zero-order chi connectivity index (χ0) is 30.1. The first kappa shape index (κ1) is 35.0. The van der Waals surface area contributed by atoms with Crippen LogP contribution in [0.1, 0.15) is 105 Å². The smallest absolute Gasteiger partial charge is 0.338 e. The molecule has 0 aliphatic heterocycles. The third-order valence-electron chi connectivity index (χ3n) is 7.50. The number of carbonyl (C=O) groups excluding carboxylic acids is 1. The Morgan fingerprint density at radius 2 is 1.30 bits per heavy atom. The quantitative estimate of drug-likeness (QED) is 0.210. The Kier molecular flexibility index (Phi) is 16.7. The number of anilines is 2. The largest absolute Gasteiger partial charge is 0.478 e. The first-order chi connectivity index (χ1) is 19.1. The fourth-order valence-electron chi connectivity index (χ4n) is 4.56. The van der Waals surface area contributed by atoms with Crippen molar-refractivity contribution in [2.24, 2.45) is 11.8 Å². The molecule has 40 heavy (non-hydrogen) atoms. The van der Waals surface area contributed by atoms with Crippen molar-refractivity contribution in [2.45, 2.75) is 85.5 Å². The molecule has 0 saturated heterocycles. The van der Waals surface area contributed by atoms with Gasteiger partial charge in [0.2, 0.25) is 0 Å². The van der Waals surface area contributed by atoms with Gasteiger partial charge in [0.05, 0.1) is 17.7 Å². The van der Waals surface area contributed by atoms with E-state index in [-0.39, 0.29) is 5.97 Å². The van der Waals surface area contributed by atoms with Gasteiger partial charge in [-0.3, -0.25) is 0 Å². The van der Waals surface area contributed by atoms with Gasteiger partial charge in [0, 0.05) is 39.6 Å². The maximum atomic E-state index is 12.0. The first-order valence-corrected chi connectivity index (χ1v) is 15.1. The number of ether oxygens (including phenoxy) is 1. The molecule has 2 atom stereocenters. The topological polar surface area (TPSA) is 70.1 Å². The van der Waals surface area contributed by atoms with Crippen molar-refractivity contribution in [3.63, 3.8) is 0 Å². The van der Waals surface area contributed by atoms with E-state index in [0.29, 0.717) is 29.6 Å². The van der Waals surface area contributed by atoms with E-state index in [9.17, 15) is 14.7 Å². The number of esters is 1. The molecule has 2 aromatic rings. The number of hydrogen-bond acceptors (Lipinski definition) is 5. The van der Waals surface area contributed by atoms with Gasteiger partial charge in [-0.05, 0) is 72.7 Å². The van der Waals surface area contributed by atoms with E-state index in [4.69, 9.17) is 4.74 Å². The number of carboxylic acids is 1. The van der Waals surface area contributed by atoms with E-state index in [2.05, 4.69) is 27.7 Å². The Labute approximate surface area is 243 Å². The highest BCUT2D eigenvalue weighted by Gasteiger charge is 2.16. The number of benzene rings is 2. The van der Waals surface area contributed by atoms with Crippen LogP contribution in [0.5, 0.6) is 0 Å². The Bertz CT molecular complexity index is 1000. The number of unbranched alkanes of at least 4 members (excludes halogenated alkanes) is 2. The van der Waals surface area contributed by atoms with Crippen molar-refractivity contribution in [1.29, 1.82) is 0 Å². The second-order valence-electron chi connectivity index (χ2n) is 11.1. The fraction of sp³-hybridized carbons (Fsp3) is 0.588. The highest BCUT2D eigenvalue weighted by Crippen LogP contribution is 2.25. The third kappa shape index (κ3) is 12.4. The minimum absolute atomic E-state index is 0.217. The highest BCUT2D eigenvalue weighted by molar-refractivity contribution is 5.90. The van der Waals surface area contributed by atoms with Crippen LogP contribution in [-0.2, 0) is 11.2 Å². The number of hydrogen-bond donors (Lipinski definition) is 1. The highest BCUT2D eigenvalue weighted by atomic mass is 16.5. The summed E-state index contributed by atoms with van der Waals surface area (Å²) in [6, 6.07) is 13.2. The predicted octanol–water partition coefficient (Wildman–Crippen LogP) is 8.34. The number of aromatic carboxylic acids is 1. The molecule has 2 rings (SSSR count). The molecule has 0 bridgehead atoms. The van der Waals surface area contributed by atoms with Gasteiger partial charge in [-0.2, -0.15) is 0 Å². The minimum Gasteiger partial charge on any atom is -0.478 e. The number of rotatable bonds is 16. The fourth-order valence-corrected chi connectivity index (χ4v) is 4.56. The molecule has 0 aromatic heterocycles. The molecule has 0 amide bonds. The second kappa shape index (κ2) is 19.1. The molecule has 224 valence electrons. The van der Waals surface area contributed by atoms with Gasteiger partial charge in [0.15, 0.2) is 0 Å². The predicted molar refractivity (Wildman–Crippen MR) is 169 cm³/mol. The second-order valence-corrected chi connectivity index (χ2v) is 11.1. The lowest BCUT2D eigenvalue weighted by atomic mass is 9.89. The molecule has 0 spiro atoms. The van der Waals surface area contributed by atoms with Gasteiger partial charge in [0.1, 0.15) is 0 Å². The monoisotopic (exact) mass is 554 g/mol. The minimum atomic E-state index is -0.823. The van der Waals surface area contributed by atoms with Gasteiger partial charge in [-0.15, -0.1) is 0 Å². The SMILES string of the molecule is CCCCC(CC)COC(=O)c1ccc(N(C)C)cc1.CCCCC(CC)Cc1cc(N(C)C)ccc1C(=O)O. The van der Waals surface area contributed by atoms with E-state index >= 15 is 0 Å². The van der Waals surface area contributed by atoms with Crippen molar-refractivity contribution >= 4 is 23.3 Å². The van der Waals surface area contributed by atoms with Crippen molar-refractivity contribution < 1.29 is 19.4 Å². The van der Waals surface area contributed by atoms with Crippen LogP contribution >= 0.6 is 0 Å². The Hall–Kier alpha value is -3.02. The van der Waals surface area contributed by atoms with E-state index in [1.165, 1.54) is 32.1 Å². The van der Waals surface area contributed by atoms with E-state index in [1.807, 2.05) is 74.4 Å². The summed E-state index contributed by atoms with van der Waals surface area (Å²) in [5, 5.41) is 9.34. The van der Waals surface area contributed by atoms with Crippen LogP contribution < -0.4 is 9.80 Å². The lowest BCUT2D eigenvalue weighted by Crippen LogP contribution is -2.14. The van der Waals surface area contributed by atoms with Crippen molar-refractivity contribution in [3.8, 4) is 0 Å². The average Bonchev–Trinajstić information content (AvgIpc) is 2.95. The number of nitrogens with zero attached hydrogens (tertiary/aromatic N) is 2. The Balaban J connectivity index is 0.000000400. The Morgan fingerprint density at radius 3 is 1.77 bits per heavy atom. The molecule has 1 N–H and O–H groups in total. The van der Waals surface area contributed by atoms with Crippen LogP contribution in [0, 0.1) is 11.8 Å². The van der Waals surface area contributed by atoms with Crippen molar-refractivity contribution in [2.75, 3.05) is 44.6 Å². The third-order valence-corrected chi connectivity index (χ3v) is 7.50.